The topological polar surface area (TPSA) is 72.6 Å². The van der Waals surface area contributed by atoms with Crippen LogP contribution in [0.5, 0.6) is 0 Å². The van der Waals surface area contributed by atoms with Gasteiger partial charge in [-0.15, -0.1) is 5.10 Å². The molecular weight excluding hydrogens is 506 g/mol. The number of aromatic nitrogens is 3. The minimum absolute atomic E-state index is 0.0496. The third-order valence-corrected chi connectivity index (χ3v) is 6.32. The summed E-state index contributed by atoms with van der Waals surface area (Å²) in [6, 6.07) is 8.32. The number of benzene rings is 2. The molecule has 2 aromatic carbocycles. The van der Waals surface area contributed by atoms with Gasteiger partial charge in [0.25, 0.3) is 17.5 Å². The van der Waals surface area contributed by atoms with Crippen molar-refractivity contribution in [2.45, 2.75) is 32.0 Å². The Balaban J connectivity index is 1.63. The summed E-state index contributed by atoms with van der Waals surface area (Å²) < 4.78 is 44.3. The lowest BCUT2D eigenvalue weighted by atomic mass is 9.86. The van der Waals surface area contributed by atoms with Gasteiger partial charge in [-0.05, 0) is 55.3 Å². The van der Waals surface area contributed by atoms with E-state index in [0.29, 0.717) is 22.5 Å². The number of anilines is 1. The number of hydrogen-bond donors (Lipinski definition) is 0. The lowest BCUT2D eigenvalue weighted by molar-refractivity contribution is -0.275. The molecule has 1 aliphatic heterocycles. The molecular formula is C23H20Cl2F3N5O2. The monoisotopic (exact) mass is 525 g/mol. The van der Waals surface area contributed by atoms with Crippen molar-refractivity contribution < 1.29 is 22.8 Å². The fraction of sp³-hybridized carbons (Fsp3) is 0.304. The first-order valence-corrected chi connectivity index (χ1v) is 11.1. The van der Waals surface area contributed by atoms with E-state index in [-0.39, 0.29) is 33.2 Å². The third kappa shape index (κ3) is 4.48. The van der Waals surface area contributed by atoms with Gasteiger partial charge in [0.15, 0.2) is 0 Å². The Labute approximate surface area is 209 Å². The van der Waals surface area contributed by atoms with Crippen LogP contribution in [0.4, 0.5) is 19.1 Å². The van der Waals surface area contributed by atoms with Crippen LogP contribution in [0.25, 0.3) is 0 Å². The lowest BCUT2D eigenvalue weighted by Gasteiger charge is -2.29. The molecule has 184 valence electrons. The van der Waals surface area contributed by atoms with E-state index in [2.05, 4.69) is 15.2 Å². The molecule has 1 atom stereocenters. The van der Waals surface area contributed by atoms with E-state index in [0.717, 1.165) is 12.1 Å². The second-order valence-electron chi connectivity index (χ2n) is 8.27. The van der Waals surface area contributed by atoms with Gasteiger partial charge >= 0.3 is 6.18 Å². The van der Waals surface area contributed by atoms with Crippen molar-refractivity contribution in [2.24, 2.45) is 12.2 Å². The van der Waals surface area contributed by atoms with Crippen LogP contribution < -0.4 is 4.90 Å². The van der Waals surface area contributed by atoms with Gasteiger partial charge in [0, 0.05) is 41.7 Å². The molecule has 0 radical (unpaired) electrons. The fourth-order valence-electron chi connectivity index (χ4n) is 3.79. The van der Waals surface area contributed by atoms with Crippen molar-refractivity contribution in [3.8, 4) is 0 Å². The smallest absolute Gasteiger partial charge is 0.374 e. The number of aryl methyl sites for hydroxylation is 3. The standard InChI is InChI=1S/C23H20Cl2F3N5O2/c1-12-7-14(5-6-18(12)20(34)32(3)21-29-13(2)33(4)30-21)19-11-22(35-31-19,23(26,27)28)15-8-16(24)10-17(25)9-15/h5-10H,11H2,1-4H3. The molecule has 0 saturated carbocycles. The van der Waals surface area contributed by atoms with Crippen LogP contribution in [0.1, 0.15) is 39.3 Å². The predicted octanol–water partition coefficient (Wildman–Crippen LogP) is 5.60. The van der Waals surface area contributed by atoms with Crippen LogP contribution in [-0.2, 0) is 17.5 Å². The SMILES string of the molecule is Cc1cc(C2=NOC(c3cc(Cl)cc(Cl)c3)(C(F)(F)F)C2)ccc1C(=O)N(C)c1nc(C)n(C)n1. The molecule has 0 N–H and O–H groups in total. The number of carbonyl (C=O) groups excluding carboxylic acids is 1. The highest BCUT2D eigenvalue weighted by atomic mass is 35.5. The van der Waals surface area contributed by atoms with Crippen molar-refractivity contribution in [1.29, 1.82) is 0 Å². The number of alkyl halides is 3. The maximum atomic E-state index is 14.2. The zero-order valence-corrected chi connectivity index (χ0v) is 20.6. The zero-order valence-electron chi connectivity index (χ0n) is 19.1. The van der Waals surface area contributed by atoms with E-state index in [9.17, 15) is 18.0 Å². The highest BCUT2D eigenvalue weighted by Gasteiger charge is 2.62. The molecule has 1 unspecified atom stereocenters. The molecule has 7 nitrogen and oxygen atoms in total. The first kappa shape index (κ1) is 25.0. The summed E-state index contributed by atoms with van der Waals surface area (Å²) in [5, 5.41) is 8.06. The Kier molecular flexibility index (Phi) is 6.31. The molecule has 2 heterocycles. The van der Waals surface area contributed by atoms with Crippen molar-refractivity contribution in [3.63, 3.8) is 0 Å². The molecule has 0 saturated heterocycles. The van der Waals surface area contributed by atoms with Gasteiger partial charge in [-0.25, -0.2) is 0 Å². The molecule has 1 aliphatic rings. The molecule has 12 heteroatoms. The Morgan fingerprint density at radius 2 is 1.80 bits per heavy atom. The van der Waals surface area contributed by atoms with Crippen LogP contribution in [-0.4, -0.2) is 39.6 Å². The largest absolute Gasteiger partial charge is 0.435 e. The summed E-state index contributed by atoms with van der Waals surface area (Å²) >= 11 is 11.9. The van der Waals surface area contributed by atoms with Crippen molar-refractivity contribution in [2.75, 3.05) is 11.9 Å². The van der Waals surface area contributed by atoms with E-state index in [1.165, 1.54) is 23.1 Å². The minimum atomic E-state index is -4.80. The minimum Gasteiger partial charge on any atom is -0.374 e. The average molecular weight is 526 g/mol. The van der Waals surface area contributed by atoms with E-state index in [1.807, 2.05) is 0 Å². The number of halogens is 5. The molecule has 35 heavy (non-hydrogen) atoms. The maximum Gasteiger partial charge on any atom is 0.435 e. The van der Waals surface area contributed by atoms with Gasteiger partial charge in [0.05, 0.1) is 5.71 Å². The number of amides is 1. The second kappa shape index (κ2) is 8.83. The summed E-state index contributed by atoms with van der Waals surface area (Å²) in [6.45, 7) is 3.45. The first-order chi connectivity index (χ1) is 16.3. The number of rotatable bonds is 4. The van der Waals surface area contributed by atoms with Gasteiger partial charge in [0.2, 0.25) is 0 Å². The van der Waals surface area contributed by atoms with Crippen molar-refractivity contribution in [1.82, 2.24) is 14.8 Å². The van der Waals surface area contributed by atoms with Crippen LogP contribution >= 0.6 is 23.2 Å². The van der Waals surface area contributed by atoms with Gasteiger partial charge in [-0.3, -0.25) is 14.4 Å². The number of oxime groups is 1. The van der Waals surface area contributed by atoms with Gasteiger partial charge in [0.1, 0.15) is 5.82 Å². The van der Waals surface area contributed by atoms with Crippen LogP contribution in [0.15, 0.2) is 41.6 Å². The number of nitrogens with zero attached hydrogens (tertiary/aromatic N) is 5. The normalized spacial score (nSPS) is 17.8. The highest BCUT2D eigenvalue weighted by molar-refractivity contribution is 6.34. The molecule has 4 rings (SSSR count). The number of hydrogen-bond acceptors (Lipinski definition) is 5. The molecule has 0 aliphatic carbocycles. The quantitative estimate of drug-likeness (QED) is 0.444. The van der Waals surface area contributed by atoms with Crippen molar-refractivity contribution >= 4 is 40.8 Å². The fourth-order valence-corrected chi connectivity index (χ4v) is 4.31. The molecule has 1 amide bonds. The second-order valence-corrected chi connectivity index (χ2v) is 9.14. The molecule has 1 aromatic heterocycles. The lowest BCUT2D eigenvalue weighted by Crippen LogP contribution is -2.42. The van der Waals surface area contributed by atoms with E-state index >= 15 is 0 Å². The molecule has 0 spiro atoms. The highest BCUT2D eigenvalue weighted by Crippen LogP contribution is 2.49. The zero-order chi connectivity index (χ0) is 25.7. The van der Waals surface area contributed by atoms with Crippen LogP contribution in [0.2, 0.25) is 10.0 Å². The molecule has 0 fully saturated rings. The summed E-state index contributed by atoms with van der Waals surface area (Å²) in [6.07, 6.45) is -5.38. The summed E-state index contributed by atoms with van der Waals surface area (Å²) in [7, 11) is 3.26. The third-order valence-electron chi connectivity index (χ3n) is 5.88. The maximum absolute atomic E-state index is 14.2. The average Bonchev–Trinajstić information content (AvgIpc) is 3.37. The predicted molar refractivity (Wildman–Crippen MR) is 126 cm³/mol. The van der Waals surface area contributed by atoms with Gasteiger partial charge < -0.3 is 4.84 Å². The first-order valence-electron chi connectivity index (χ1n) is 10.4. The molecule has 0 bridgehead atoms. The van der Waals surface area contributed by atoms with Crippen LogP contribution in [0.3, 0.4) is 0 Å². The van der Waals surface area contributed by atoms with Crippen molar-refractivity contribution in [3.05, 3.63) is 74.5 Å². The van der Waals surface area contributed by atoms with E-state index in [1.54, 1.807) is 38.7 Å². The summed E-state index contributed by atoms with van der Waals surface area (Å²) in [5.41, 5.74) is -1.61. The van der Waals surface area contributed by atoms with E-state index < -0.39 is 18.2 Å². The summed E-state index contributed by atoms with van der Waals surface area (Å²) in [4.78, 5) is 23.6. The summed E-state index contributed by atoms with van der Waals surface area (Å²) in [5.74, 6) is 0.518. The Morgan fingerprint density at radius 1 is 1.14 bits per heavy atom. The Morgan fingerprint density at radius 3 is 2.34 bits per heavy atom. The van der Waals surface area contributed by atoms with Crippen LogP contribution in [0, 0.1) is 13.8 Å². The Bertz CT molecular complexity index is 1320. The number of carbonyl (C=O) groups is 1. The molecule has 3 aromatic rings. The Hall–Kier alpha value is -3.11. The van der Waals surface area contributed by atoms with Gasteiger partial charge in [-0.1, -0.05) is 34.4 Å². The van der Waals surface area contributed by atoms with E-state index in [4.69, 9.17) is 28.0 Å². The van der Waals surface area contributed by atoms with Gasteiger partial charge in [-0.2, -0.15) is 18.2 Å².